The van der Waals surface area contributed by atoms with Gasteiger partial charge in [0, 0.05) is 19.7 Å². The highest BCUT2D eigenvalue weighted by atomic mass is 16.5. The summed E-state index contributed by atoms with van der Waals surface area (Å²) in [6, 6.07) is 0.0883. The quantitative estimate of drug-likeness (QED) is 0.765. The van der Waals surface area contributed by atoms with Crippen LogP contribution < -0.4 is 5.73 Å². The number of hydrogen-bond donors (Lipinski definition) is 2. The molecule has 0 saturated carbocycles. The molecule has 0 aliphatic heterocycles. The summed E-state index contributed by atoms with van der Waals surface area (Å²) in [6.07, 6.45) is 1.43. The van der Waals surface area contributed by atoms with Crippen molar-refractivity contribution in [3.05, 3.63) is 11.9 Å². The highest BCUT2D eigenvalue weighted by molar-refractivity contribution is 5.97. The maximum atomic E-state index is 12.1. The number of anilines is 1. The Morgan fingerprint density at radius 3 is 2.81 bits per heavy atom. The van der Waals surface area contributed by atoms with Gasteiger partial charge >= 0.3 is 0 Å². The summed E-state index contributed by atoms with van der Waals surface area (Å²) in [7, 11) is 1.60. The van der Waals surface area contributed by atoms with Crippen molar-refractivity contribution >= 4 is 11.6 Å². The SMILES string of the molecule is COCCN(C(=O)c1[nH]ncc1N)C(C)C. The molecule has 16 heavy (non-hydrogen) atoms. The van der Waals surface area contributed by atoms with Gasteiger partial charge in [0.05, 0.1) is 18.5 Å². The number of nitrogens with one attached hydrogen (secondary N) is 1. The predicted octanol–water partition coefficient (Wildman–Crippen LogP) is 0.489. The van der Waals surface area contributed by atoms with Crippen LogP contribution in [0, 0.1) is 0 Å². The van der Waals surface area contributed by atoms with Crippen LogP contribution in [0.5, 0.6) is 0 Å². The number of carbonyl (C=O) groups is 1. The number of nitrogen functional groups attached to an aromatic ring is 1. The van der Waals surface area contributed by atoms with Gasteiger partial charge in [-0.05, 0) is 13.8 Å². The molecule has 1 amide bonds. The van der Waals surface area contributed by atoms with E-state index in [9.17, 15) is 4.79 Å². The van der Waals surface area contributed by atoms with Crippen molar-refractivity contribution in [3.63, 3.8) is 0 Å². The molecule has 0 radical (unpaired) electrons. The maximum Gasteiger partial charge on any atom is 0.274 e. The second-order valence-corrected chi connectivity index (χ2v) is 3.79. The Kier molecular flexibility index (Phi) is 4.30. The first-order valence-electron chi connectivity index (χ1n) is 5.16. The average Bonchev–Trinajstić information content (AvgIpc) is 2.64. The van der Waals surface area contributed by atoms with E-state index in [0.717, 1.165) is 0 Å². The van der Waals surface area contributed by atoms with E-state index in [-0.39, 0.29) is 11.9 Å². The summed E-state index contributed by atoms with van der Waals surface area (Å²) in [4.78, 5) is 13.8. The van der Waals surface area contributed by atoms with Crippen LogP contribution in [-0.2, 0) is 4.74 Å². The van der Waals surface area contributed by atoms with Crippen LogP contribution in [0.4, 0.5) is 5.69 Å². The molecule has 0 spiro atoms. The minimum absolute atomic E-state index is 0.0883. The molecule has 1 rings (SSSR count). The molecule has 0 atom stereocenters. The highest BCUT2D eigenvalue weighted by Crippen LogP contribution is 2.11. The number of aromatic nitrogens is 2. The lowest BCUT2D eigenvalue weighted by Crippen LogP contribution is -2.39. The van der Waals surface area contributed by atoms with E-state index < -0.39 is 0 Å². The van der Waals surface area contributed by atoms with Crippen molar-refractivity contribution in [2.24, 2.45) is 0 Å². The molecule has 90 valence electrons. The van der Waals surface area contributed by atoms with E-state index >= 15 is 0 Å². The van der Waals surface area contributed by atoms with Gasteiger partial charge in [0.2, 0.25) is 0 Å². The number of carbonyl (C=O) groups excluding carboxylic acids is 1. The third-order valence-electron chi connectivity index (χ3n) is 2.30. The Bertz CT molecular complexity index is 348. The number of ether oxygens (including phenoxy) is 1. The van der Waals surface area contributed by atoms with Crippen LogP contribution in [-0.4, -0.2) is 47.3 Å². The molecule has 3 N–H and O–H groups in total. The fourth-order valence-corrected chi connectivity index (χ4v) is 1.39. The zero-order valence-electron chi connectivity index (χ0n) is 9.86. The summed E-state index contributed by atoms with van der Waals surface area (Å²) >= 11 is 0. The first-order chi connectivity index (χ1) is 7.57. The van der Waals surface area contributed by atoms with Gasteiger partial charge < -0.3 is 15.4 Å². The van der Waals surface area contributed by atoms with Gasteiger partial charge in [0.1, 0.15) is 5.69 Å². The average molecular weight is 226 g/mol. The zero-order chi connectivity index (χ0) is 12.1. The monoisotopic (exact) mass is 226 g/mol. The molecule has 1 aromatic heterocycles. The van der Waals surface area contributed by atoms with Crippen molar-refractivity contribution in [2.45, 2.75) is 19.9 Å². The van der Waals surface area contributed by atoms with Gasteiger partial charge in [-0.15, -0.1) is 0 Å². The van der Waals surface area contributed by atoms with Crippen LogP contribution in [0.1, 0.15) is 24.3 Å². The van der Waals surface area contributed by atoms with E-state index in [1.807, 2.05) is 13.8 Å². The van der Waals surface area contributed by atoms with E-state index in [0.29, 0.717) is 24.5 Å². The number of rotatable bonds is 5. The van der Waals surface area contributed by atoms with Crippen LogP contribution in [0.2, 0.25) is 0 Å². The highest BCUT2D eigenvalue weighted by Gasteiger charge is 2.21. The summed E-state index contributed by atoms with van der Waals surface area (Å²) < 4.78 is 4.97. The molecular weight excluding hydrogens is 208 g/mol. The summed E-state index contributed by atoms with van der Waals surface area (Å²) in [5, 5.41) is 6.35. The van der Waals surface area contributed by atoms with E-state index in [2.05, 4.69) is 10.2 Å². The van der Waals surface area contributed by atoms with E-state index in [1.165, 1.54) is 6.20 Å². The largest absolute Gasteiger partial charge is 0.396 e. The second-order valence-electron chi connectivity index (χ2n) is 3.79. The summed E-state index contributed by atoms with van der Waals surface area (Å²) in [6.45, 7) is 4.92. The van der Waals surface area contributed by atoms with Crippen molar-refractivity contribution in [3.8, 4) is 0 Å². The van der Waals surface area contributed by atoms with Crippen molar-refractivity contribution in [2.75, 3.05) is 26.0 Å². The number of aromatic amines is 1. The fraction of sp³-hybridized carbons (Fsp3) is 0.600. The minimum atomic E-state index is -0.151. The molecule has 1 aromatic rings. The number of methoxy groups -OCH3 is 1. The Hall–Kier alpha value is -1.56. The smallest absolute Gasteiger partial charge is 0.274 e. The zero-order valence-corrected chi connectivity index (χ0v) is 9.86. The van der Waals surface area contributed by atoms with Crippen molar-refractivity contribution < 1.29 is 9.53 Å². The topological polar surface area (TPSA) is 84.2 Å². The van der Waals surface area contributed by atoms with Crippen LogP contribution in [0.15, 0.2) is 6.20 Å². The van der Waals surface area contributed by atoms with Gasteiger partial charge in [-0.3, -0.25) is 9.89 Å². The van der Waals surface area contributed by atoms with Gasteiger partial charge in [0.15, 0.2) is 0 Å². The van der Waals surface area contributed by atoms with Crippen LogP contribution in [0.3, 0.4) is 0 Å². The summed E-state index contributed by atoms with van der Waals surface area (Å²) in [5.74, 6) is -0.151. The van der Waals surface area contributed by atoms with Crippen molar-refractivity contribution in [1.29, 1.82) is 0 Å². The third-order valence-corrected chi connectivity index (χ3v) is 2.30. The number of H-pyrrole nitrogens is 1. The molecular formula is C10H18N4O2. The van der Waals surface area contributed by atoms with Gasteiger partial charge in [-0.1, -0.05) is 0 Å². The molecule has 0 aliphatic rings. The minimum Gasteiger partial charge on any atom is -0.396 e. The Morgan fingerprint density at radius 1 is 1.69 bits per heavy atom. The molecule has 0 unspecified atom stereocenters. The lowest BCUT2D eigenvalue weighted by Gasteiger charge is -2.25. The number of amides is 1. The van der Waals surface area contributed by atoms with E-state index in [4.69, 9.17) is 10.5 Å². The molecule has 0 aliphatic carbocycles. The fourth-order valence-electron chi connectivity index (χ4n) is 1.39. The van der Waals surface area contributed by atoms with E-state index in [1.54, 1.807) is 12.0 Å². The number of hydrogen-bond acceptors (Lipinski definition) is 4. The molecule has 0 saturated heterocycles. The standard InChI is InChI=1S/C10H18N4O2/c1-7(2)14(4-5-16-3)10(15)9-8(11)6-12-13-9/h6-7H,4-5,11H2,1-3H3,(H,12,13). The Balaban J connectivity index is 2.79. The predicted molar refractivity (Wildman–Crippen MR) is 61.0 cm³/mol. The van der Waals surface area contributed by atoms with Crippen LogP contribution in [0.25, 0.3) is 0 Å². The number of nitrogens with two attached hydrogens (primary N) is 1. The van der Waals surface area contributed by atoms with Gasteiger partial charge in [0.25, 0.3) is 5.91 Å². The first kappa shape index (κ1) is 12.5. The summed E-state index contributed by atoms with van der Waals surface area (Å²) in [5.41, 5.74) is 6.34. The maximum absolute atomic E-state index is 12.1. The Labute approximate surface area is 94.8 Å². The lowest BCUT2D eigenvalue weighted by molar-refractivity contribution is 0.0630. The molecule has 1 heterocycles. The number of nitrogens with zero attached hydrogens (tertiary/aromatic N) is 2. The molecule has 0 aromatic carbocycles. The lowest BCUT2D eigenvalue weighted by atomic mass is 10.2. The first-order valence-corrected chi connectivity index (χ1v) is 5.16. The molecule has 6 heteroatoms. The molecule has 0 fully saturated rings. The normalized spacial score (nSPS) is 10.8. The van der Waals surface area contributed by atoms with Crippen molar-refractivity contribution in [1.82, 2.24) is 15.1 Å². The van der Waals surface area contributed by atoms with Crippen LogP contribution >= 0.6 is 0 Å². The third kappa shape index (κ3) is 2.73. The molecule has 0 bridgehead atoms. The second kappa shape index (κ2) is 5.50. The van der Waals surface area contributed by atoms with Gasteiger partial charge in [-0.2, -0.15) is 5.10 Å². The molecule has 6 nitrogen and oxygen atoms in total. The Morgan fingerprint density at radius 2 is 2.38 bits per heavy atom. The van der Waals surface area contributed by atoms with Gasteiger partial charge in [-0.25, -0.2) is 0 Å².